The summed E-state index contributed by atoms with van der Waals surface area (Å²) in [5.74, 6) is 9.77. The summed E-state index contributed by atoms with van der Waals surface area (Å²) in [6, 6.07) is 8.39. The fourth-order valence-electron chi connectivity index (χ4n) is 5.10. The second-order valence-electron chi connectivity index (χ2n) is 7.87. The lowest BCUT2D eigenvalue weighted by Crippen LogP contribution is -2.25. The molecule has 2 fully saturated rings. The predicted octanol–water partition coefficient (Wildman–Crippen LogP) is 5.82. The molecule has 128 valence electrons. The molecule has 2 N–H and O–H groups in total. The van der Waals surface area contributed by atoms with Crippen LogP contribution in [0, 0.1) is 17.8 Å². The molecule has 0 radical (unpaired) electrons. The Labute approximate surface area is 141 Å². The molecule has 2 saturated carbocycles. The van der Waals surface area contributed by atoms with Crippen molar-refractivity contribution in [2.45, 2.75) is 77.0 Å². The van der Waals surface area contributed by atoms with Gasteiger partial charge in [0.1, 0.15) is 5.75 Å². The quantitative estimate of drug-likeness (QED) is 0.695. The maximum absolute atomic E-state index is 5.21. The van der Waals surface area contributed by atoms with Gasteiger partial charge in [0.2, 0.25) is 0 Å². The highest BCUT2D eigenvalue weighted by Gasteiger charge is 2.31. The zero-order valence-corrected chi connectivity index (χ0v) is 14.7. The molecule has 0 heterocycles. The third-order valence-electron chi connectivity index (χ3n) is 6.51. The zero-order chi connectivity index (χ0) is 16.1. The summed E-state index contributed by atoms with van der Waals surface area (Å²) in [7, 11) is 0. The molecule has 2 aliphatic rings. The average molecular weight is 316 g/mol. The summed E-state index contributed by atoms with van der Waals surface area (Å²) in [6.45, 7) is 2.33. The van der Waals surface area contributed by atoms with Gasteiger partial charge in [0.05, 0.1) is 0 Å². The lowest BCUT2D eigenvalue weighted by atomic mass is 9.68. The van der Waals surface area contributed by atoms with E-state index in [1.54, 1.807) is 0 Å². The monoisotopic (exact) mass is 315 g/mol. The first kappa shape index (κ1) is 16.8. The van der Waals surface area contributed by atoms with Crippen LogP contribution in [0.5, 0.6) is 5.75 Å². The number of hydrogen-bond donors (Lipinski definition) is 1. The molecule has 2 nitrogen and oxygen atoms in total. The largest absolute Gasteiger partial charge is 0.412 e. The highest BCUT2D eigenvalue weighted by Crippen LogP contribution is 2.44. The van der Waals surface area contributed by atoms with Gasteiger partial charge in [0.15, 0.2) is 0 Å². The predicted molar refractivity (Wildman–Crippen MR) is 96.3 cm³/mol. The molecule has 0 bridgehead atoms. The lowest BCUT2D eigenvalue weighted by molar-refractivity contribution is 0.156. The Balaban J connectivity index is 1.46. The molecule has 0 aromatic heterocycles. The van der Waals surface area contributed by atoms with Crippen molar-refractivity contribution in [3.8, 4) is 5.75 Å². The number of benzene rings is 1. The summed E-state index contributed by atoms with van der Waals surface area (Å²) < 4.78 is 0. The van der Waals surface area contributed by atoms with Crippen molar-refractivity contribution in [2.75, 3.05) is 0 Å². The van der Waals surface area contributed by atoms with Crippen molar-refractivity contribution < 1.29 is 4.84 Å². The molecule has 0 amide bonds. The molecule has 0 saturated heterocycles. The maximum atomic E-state index is 5.21. The van der Waals surface area contributed by atoms with Crippen LogP contribution in [0.15, 0.2) is 24.3 Å². The van der Waals surface area contributed by atoms with Crippen molar-refractivity contribution in [2.24, 2.45) is 23.7 Å². The lowest BCUT2D eigenvalue weighted by Gasteiger charge is -2.38. The van der Waals surface area contributed by atoms with Crippen LogP contribution >= 0.6 is 0 Å². The first-order valence-electron chi connectivity index (χ1n) is 9.76. The Bertz CT molecular complexity index is 453. The van der Waals surface area contributed by atoms with Gasteiger partial charge in [-0.2, -0.15) is 5.90 Å². The second-order valence-corrected chi connectivity index (χ2v) is 7.87. The van der Waals surface area contributed by atoms with Gasteiger partial charge in [-0.05, 0) is 79.9 Å². The van der Waals surface area contributed by atoms with Crippen molar-refractivity contribution in [3.63, 3.8) is 0 Å². The van der Waals surface area contributed by atoms with Crippen LogP contribution in [0.25, 0.3) is 0 Å². The molecule has 23 heavy (non-hydrogen) atoms. The van der Waals surface area contributed by atoms with E-state index in [0.717, 1.165) is 29.4 Å². The second kappa shape index (κ2) is 8.19. The third-order valence-corrected chi connectivity index (χ3v) is 6.51. The molecular formula is C21H33NO. The van der Waals surface area contributed by atoms with E-state index >= 15 is 0 Å². The standard InChI is InChI=1S/C21H33NO/c1-2-3-16-4-6-17(7-5-16)18-8-10-19(11-9-18)20-12-14-21(23-22)15-13-20/h12-19H,2-11,22H2,1H3. The van der Waals surface area contributed by atoms with E-state index in [4.69, 9.17) is 10.7 Å². The molecule has 3 rings (SSSR count). The number of nitrogens with two attached hydrogens (primary N) is 1. The van der Waals surface area contributed by atoms with Gasteiger partial charge in [-0.15, -0.1) is 0 Å². The summed E-state index contributed by atoms with van der Waals surface area (Å²) in [6.07, 6.45) is 14.4. The number of rotatable bonds is 5. The van der Waals surface area contributed by atoms with Gasteiger partial charge in [-0.3, -0.25) is 0 Å². The first-order chi connectivity index (χ1) is 11.3. The van der Waals surface area contributed by atoms with Crippen molar-refractivity contribution in [1.29, 1.82) is 0 Å². The minimum absolute atomic E-state index is 0.745. The smallest absolute Gasteiger partial charge is 0.146 e. The van der Waals surface area contributed by atoms with E-state index in [1.807, 2.05) is 12.1 Å². The van der Waals surface area contributed by atoms with Gasteiger partial charge < -0.3 is 4.84 Å². The van der Waals surface area contributed by atoms with Crippen LogP contribution in [0.4, 0.5) is 0 Å². The Morgan fingerprint density at radius 2 is 1.43 bits per heavy atom. The fourth-order valence-corrected chi connectivity index (χ4v) is 5.10. The van der Waals surface area contributed by atoms with Crippen molar-refractivity contribution in [3.05, 3.63) is 29.8 Å². The van der Waals surface area contributed by atoms with Gasteiger partial charge in [0.25, 0.3) is 0 Å². The number of hydrogen-bond acceptors (Lipinski definition) is 2. The van der Waals surface area contributed by atoms with E-state index in [1.165, 1.54) is 69.8 Å². The van der Waals surface area contributed by atoms with Gasteiger partial charge in [-0.25, -0.2) is 0 Å². The van der Waals surface area contributed by atoms with Crippen LogP contribution in [-0.2, 0) is 0 Å². The summed E-state index contributed by atoms with van der Waals surface area (Å²) in [5.41, 5.74) is 1.47. The van der Waals surface area contributed by atoms with Crippen molar-refractivity contribution >= 4 is 0 Å². The van der Waals surface area contributed by atoms with Gasteiger partial charge >= 0.3 is 0 Å². The van der Waals surface area contributed by atoms with E-state index < -0.39 is 0 Å². The molecule has 0 spiro atoms. The molecule has 1 aromatic rings. The average Bonchev–Trinajstić information content (AvgIpc) is 2.63. The van der Waals surface area contributed by atoms with E-state index in [2.05, 4.69) is 19.1 Å². The summed E-state index contributed by atoms with van der Waals surface area (Å²) >= 11 is 0. The van der Waals surface area contributed by atoms with E-state index in [0.29, 0.717) is 0 Å². The normalized spacial score (nSPS) is 31.7. The summed E-state index contributed by atoms with van der Waals surface area (Å²) in [4.78, 5) is 4.78. The van der Waals surface area contributed by atoms with Crippen LogP contribution in [0.1, 0.15) is 82.6 Å². The molecule has 0 unspecified atom stereocenters. The summed E-state index contributed by atoms with van der Waals surface area (Å²) in [5, 5.41) is 0. The van der Waals surface area contributed by atoms with Crippen LogP contribution in [-0.4, -0.2) is 0 Å². The van der Waals surface area contributed by atoms with Crippen LogP contribution in [0.2, 0.25) is 0 Å². The highest BCUT2D eigenvalue weighted by atomic mass is 16.6. The third kappa shape index (κ3) is 4.29. The SMILES string of the molecule is CCCC1CCC(C2CCC(c3ccc(ON)cc3)CC2)CC1. The Morgan fingerprint density at radius 3 is 1.96 bits per heavy atom. The molecule has 0 aliphatic heterocycles. The fraction of sp³-hybridized carbons (Fsp3) is 0.714. The molecule has 0 atom stereocenters. The van der Waals surface area contributed by atoms with E-state index in [9.17, 15) is 0 Å². The maximum Gasteiger partial charge on any atom is 0.146 e. The van der Waals surface area contributed by atoms with Crippen LogP contribution in [0.3, 0.4) is 0 Å². The van der Waals surface area contributed by atoms with Gasteiger partial charge in [0, 0.05) is 0 Å². The minimum atomic E-state index is 0.745. The molecular weight excluding hydrogens is 282 g/mol. The molecule has 1 aromatic carbocycles. The van der Waals surface area contributed by atoms with Gasteiger partial charge in [-0.1, -0.05) is 44.7 Å². The Kier molecular flexibility index (Phi) is 5.99. The molecule has 2 heteroatoms. The van der Waals surface area contributed by atoms with Crippen molar-refractivity contribution in [1.82, 2.24) is 0 Å². The zero-order valence-electron chi connectivity index (χ0n) is 14.7. The highest BCUT2D eigenvalue weighted by molar-refractivity contribution is 5.29. The van der Waals surface area contributed by atoms with Crippen LogP contribution < -0.4 is 10.7 Å². The minimum Gasteiger partial charge on any atom is -0.412 e. The molecule has 2 aliphatic carbocycles. The topological polar surface area (TPSA) is 35.2 Å². The first-order valence-corrected chi connectivity index (χ1v) is 9.76. The Hall–Kier alpha value is -1.02. The Morgan fingerprint density at radius 1 is 0.870 bits per heavy atom. The van der Waals surface area contributed by atoms with E-state index in [-0.39, 0.29) is 0 Å².